The molecule has 2 heterocycles. The molecule has 1 aliphatic rings. The summed E-state index contributed by atoms with van der Waals surface area (Å²) < 4.78 is 0. The van der Waals surface area contributed by atoms with Gasteiger partial charge in [0.05, 0.1) is 11.2 Å². The van der Waals surface area contributed by atoms with Gasteiger partial charge in [0.25, 0.3) is 0 Å². The summed E-state index contributed by atoms with van der Waals surface area (Å²) in [6.45, 7) is 8.83. The van der Waals surface area contributed by atoms with E-state index in [1.165, 1.54) is 23.9 Å². The van der Waals surface area contributed by atoms with Crippen LogP contribution in [0.1, 0.15) is 32.4 Å². The molecule has 1 saturated heterocycles. The zero-order valence-corrected chi connectivity index (χ0v) is 13.1. The molecule has 3 nitrogen and oxygen atoms in total. The van der Waals surface area contributed by atoms with Gasteiger partial charge < -0.3 is 5.32 Å². The Morgan fingerprint density at radius 3 is 2.76 bits per heavy atom. The topological polar surface area (TPSA) is 28.2 Å². The minimum absolute atomic E-state index is 0.287. The van der Waals surface area contributed by atoms with Gasteiger partial charge in [-0.15, -0.1) is 0 Å². The lowest BCUT2D eigenvalue weighted by Crippen LogP contribution is -2.59. The summed E-state index contributed by atoms with van der Waals surface area (Å²) in [5, 5.41) is 4.94. The molecule has 1 aromatic heterocycles. The van der Waals surface area contributed by atoms with Crippen molar-refractivity contribution in [3.05, 3.63) is 42.1 Å². The molecule has 3 heteroatoms. The number of pyridine rings is 1. The van der Waals surface area contributed by atoms with Gasteiger partial charge in [0.2, 0.25) is 0 Å². The molecule has 0 saturated carbocycles. The average molecular weight is 283 g/mol. The van der Waals surface area contributed by atoms with Crippen molar-refractivity contribution >= 4 is 10.9 Å². The molecule has 0 bridgehead atoms. The van der Waals surface area contributed by atoms with E-state index in [0.29, 0.717) is 0 Å². The van der Waals surface area contributed by atoms with Crippen molar-refractivity contribution in [3.8, 4) is 0 Å². The molecule has 0 atom stereocenters. The minimum Gasteiger partial charge on any atom is -0.309 e. The van der Waals surface area contributed by atoms with Crippen molar-refractivity contribution in [1.29, 1.82) is 0 Å². The first kappa shape index (κ1) is 14.5. The van der Waals surface area contributed by atoms with Gasteiger partial charge in [-0.3, -0.25) is 9.88 Å². The molecule has 0 unspecified atom stereocenters. The van der Waals surface area contributed by atoms with Crippen molar-refractivity contribution in [1.82, 2.24) is 15.2 Å². The first-order valence-corrected chi connectivity index (χ1v) is 8.07. The van der Waals surface area contributed by atoms with Gasteiger partial charge in [-0.2, -0.15) is 0 Å². The molecule has 1 aromatic carbocycles. The second-order valence-electron chi connectivity index (χ2n) is 6.12. The molecular weight excluding hydrogens is 258 g/mol. The number of nitrogens with one attached hydrogen (secondary N) is 1. The molecule has 0 amide bonds. The minimum atomic E-state index is 0.287. The smallest absolute Gasteiger partial charge is 0.0705 e. The number of fused-ring (bicyclic) bond motifs is 1. The quantitative estimate of drug-likeness (QED) is 0.934. The van der Waals surface area contributed by atoms with Crippen molar-refractivity contribution in [3.63, 3.8) is 0 Å². The molecule has 112 valence electrons. The van der Waals surface area contributed by atoms with Crippen LogP contribution in [-0.2, 0) is 6.54 Å². The Morgan fingerprint density at radius 1 is 1.14 bits per heavy atom. The summed E-state index contributed by atoms with van der Waals surface area (Å²) in [6.07, 6.45) is 2.37. The zero-order valence-electron chi connectivity index (χ0n) is 13.1. The number of benzene rings is 1. The molecule has 1 N–H and O–H groups in total. The Balaban J connectivity index is 1.75. The van der Waals surface area contributed by atoms with Crippen LogP contribution in [0.3, 0.4) is 0 Å². The Labute approximate surface area is 127 Å². The molecule has 21 heavy (non-hydrogen) atoms. The van der Waals surface area contributed by atoms with Crippen LogP contribution in [0.4, 0.5) is 0 Å². The lowest BCUT2D eigenvalue weighted by Gasteiger charge is -2.43. The highest BCUT2D eigenvalue weighted by Gasteiger charge is 2.31. The molecule has 1 fully saturated rings. The van der Waals surface area contributed by atoms with E-state index in [9.17, 15) is 0 Å². The fourth-order valence-electron chi connectivity index (χ4n) is 3.33. The number of nitrogens with zero attached hydrogens (tertiary/aromatic N) is 2. The van der Waals surface area contributed by atoms with Crippen molar-refractivity contribution in [2.45, 2.75) is 38.8 Å². The molecule has 0 radical (unpaired) electrons. The van der Waals surface area contributed by atoms with E-state index in [1.54, 1.807) is 0 Å². The number of rotatable bonds is 4. The monoisotopic (exact) mass is 283 g/mol. The van der Waals surface area contributed by atoms with Crippen molar-refractivity contribution in [2.75, 3.05) is 19.6 Å². The standard InChI is InChI=1S/C18H25N3/c1-3-18(4-2)14-21(12-11-19-18)13-16-10-9-15-7-5-6-8-17(15)20-16/h5-10,19H,3-4,11-14H2,1-2H3. The second kappa shape index (κ2) is 6.12. The summed E-state index contributed by atoms with van der Waals surface area (Å²) in [6, 6.07) is 12.7. The predicted octanol–water partition coefficient (Wildman–Crippen LogP) is 3.20. The van der Waals surface area contributed by atoms with E-state index in [-0.39, 0.29) is 5.54 Å². The second-order valence-corrected chi connectivity index (χ2v) is 6.12. The lowest BCUT2D eigenvalue weighted by atomic mass is 9.90. The normalized spacial score (nSPS) is 19.0. The molecule has 1 aliphatic heterocycles. The zero-order chi connectivity index (χ0) is 14.7. The van der Waals surface area contributed by atoms with E-state index < -0.39 is 0 Å². The molecule has 0 spiro atoms. The van der Waals surface area contributed by atoms with E-state index in [1.807, 2.05) is 0 Å². The van der Waals surface area contributed by atoms with Crippen molar-refractivity contribution in [2.24, 2.45) is 0 Å². The fourth-order valence-corrected chi connectivity index (χ4v) is 3.33. The summed E-state index contributed by atoms with van der Waals surface area (Å²) in [7, 11) is 0. The van der Waals surface area contributed by atoms with E-state index in [0.717, 1.165) is 31.7 Å². The highest BCUT2D eigenvalue weighted by Crippen LogP contribution is 2.21. The van der Waals surface area contributed by atoms with Crippen LogP contribution in [0.5, 0.6) is 0 Å². The Bertz CT molecular complexity index is 604. The van der Waals surface area contributed by atoms with E-state index >= 15 is 0 Å². The van der Waals surface area contributed by atoms with Crippen LogP contribution in [0, 0.1) is 0 Å². The molecular formula is C18H25N3. The van der Waals surface area contributed by atoms with Gasteiger partial charge >= 0.3 is 0 Å². The first-order chi connectivity index (χ1) is 10.2. The van der Waals surface area contributed by atoms with E-state index in [4.69, 9.17) is 4.98 Å². The molecule has 2 aromatic rings. The van der Waals surface area contributed by atoms with Gasteiger partial charge in [0.15, 0.2) is 0 Å². The van der Waals surface area contributed by atoms with Gasteiger partial charge in [0.1, 0.15) is 0 Å². The van der Waals surface area contributed by atoms with Crippen LogP contribution >= 0.6 is 0 Å². The predicted molar refractivity (Wildman–Crippen MR) is 88.3 cm³/mol. The van der Waals surface area contributed by atoms with Crippen LogP contribution < -0.4 is 5.32 Å². The Hall–Kier alpha value is -1.45. The maximum Gasteiger partial charge on any atom is 0.0705 e. The third-order valence-corrected chi connectivity index (χ3v) is 4.85. The highest BCUT2D eigenvalue weighted by atomic mass is 15.2. The average Bonchev–Trinajstić information content (AvgIpc) is 2.55. The number of hydrogen-bond donors (Lipinski definition) is 1. The van der Waals surface area contributed by atoms with Crippen LogP contribution in [-0.4, -0.2) is 35.1 Å². The van der Waals surface area contributed by atoms with Gasteiger partial charge in [-0.25, -0.2) is 0 Å². The Kier molecular flexibility index (Phi) is 4.22. The van der Waals surface area contributed by atoms with Crippen molar-refractivity contribution < 1.29 is 0 Å². The maximum atomic E-state index is 4.81. The number of piperazine rings is 1. The van der Waals surface area contributed by atoms with Crippen LogP contribution in [0.25, 0.3) is 10.9 Å². The van der Waals surface area contributed by atoms with Gasteiger partial charge in [0, 0.05) is 37.1 Å². The highest BCUT2D eigenvalue weighted by molar-refractivity contribution is 5.78. The van der Waals surface area contributed by atoms with Gasteiger partial charge in [-0.1, -0.05) is 38.1 Å². The fraction of sp³-hybridized carbons (Fsp3) is 0.500. The lowest BCUT2D eigenvalue weighted by molar-refractivity contribution is 0.117. The van der Waals surface area contributed by atoms with Crippen LogP contribution in [0.15, 0.2) is 36.4 Å². The van der Waals surface area contributed by atoms with E-state index in [2.05, 4.69) is 60.5 Å². The Morgan fingerprint density at radius 2 is 1.95 bits per heavy atom. The van der Waals surface area contributed by atoms with Gasteiger partial charge in [-0.05, 0) is 25.0 Å². The number of hydrogen-bond acceptors (Lipinski definition) is 3. The SMILES string of the molecule is CCC1(CC)CN(Cc2ccc3ccccc3n2)CCN1. The third-order valence-electron chi connectivity index (χ3n) is 4.85. The number of para-hydroxylation sites is 1. The molecule has 3 rings (SSSR count). The first-order valence-electron chi connectivity index (χ1n) is 8.07. The molecule has 0 aliphatic carbocycles. The number of aromatic nitrogens is 1. The largest absolute Gasteiger partial charge is 0.309 e. The summed E-state index contributed by atoms with van der Waals surface area (Å²) in [4.78, 5) is 7.35. The van der Waals surface area contributed by atoms with Crippen LogP contribution in [0.2, 0.25) is 0 Å². The summed E-state index contributed by atoms with van der Waals surface area (Å²) in [5.74, 6) is 0. The maximum absolute atomic E-state index is 4.81. The summed E-state index contributed by atoms with van der Waals surface area (Å²) in [5.41, 5.74) is 2.56. The summed E-state index contributed by atoms with van der Waals surface area (Å²) >= 11 is 0. The third kappa shape index (κ3) is 3.09.